The summed E-state index contributed by atoms with van der Waals surface area (Å²) in [5.41, 5.74) is 2.70. The van der Waals surface area contributed by atoms with Crippen molar-refractivity contribution < 1.29 is 9.18 Å². The number of carbonyl (C=O) groups is 1. The minimum atomic E-state index is -1.26. The second-order valence-electron chi connectivity index (χ2n) is 1.69. The second-order valence-corrected chi connectivity index (χ2v) is 1.69. The summed E-state index contributed by atoms with van der Waals surface area (Å²) >= 11 is 0. The Hall–Kier alpha value is -1.14. The maximum Gasteiger partial charge on any atom is 0.154 e. The van der Waals surface area contributed by atoms with Gasteiger partial charge in [0.25, 0.3) is 0 Å². The fraction of sp³-hybridized carbons (Fsp3) is 0.143. The van der Waals surface area contributed by atoms with Crippen LogP contribution in [0.2, 0.25) is 0 Å². The fourth-order valence-corrected chi connectivity index (χ4v) is 0.577. The van der Waals surface area contributed by atoms with Gasteiger partial charge in [-0.3, -0.25) is 4.79 Å². The van der Waals surface area contributed by atoms with Gasteiger partial charge in [0.1, 0.15) is 6.29 Å². The lowest BCUT2D eigenvalue weighted by Gasteiger charge is -2.00. The quantitative estimate of drug-likeness (QED) is 0.379. The molecule has 9 heavy (non-hydrogen) atoms. The van der Waals surface area contributed by atoms with Crippen molar-refractivity contribution in [1.82, 2.24) is 0 Å². The van der Waals surface area contributed by atoms with Crippen LogP contribution in [0.15, 0.2) is 29.5 Å². The molecule has 0 bridgehead atoms. The summed E-state index contributed by atoms with van der Waals surface area (Å²) in [6.45, 7) is 0. The summed E-state index contributed by atoms with van der Waals surface area (Å²) in [4.78, 5) is 9.99. The molecule has 1 aliphatic rings. The monoisotopic (exact) mass is 124 g/mol. The zero-order valence-corrected chi connectivity index (χ0v) is 4.67. The van der Waals surface area contributed by atoms with Gasteiger partial charge in [-0.15, -0.1) is 5.73 Å². The summed E-state index contributed by atoms with van der Waals surface area (Å²) in [7, 11) is 0. The van der Waals surface area contributed by atoms with Crippen LogP contribution in [0, 0.1) is 0 Å². The summed E-state index contributed by atoms with van der Waals surface area (Å²) in [6, 6.07) is 0. The lowest BCUT2D eigenvalue weighted by molar-refractivity contribution is -0.105. The van der Waals surface area contributed by atoms with Gasteiger partial charge in [0.2, 0.25) is 0 Å². The lowest BCUT2D eigenvalue weighted by Crippen LogP contribution is -2.02. The molecule has 0 radical (unpaired) electrons. The van der Waals surface area contributed by atoms with E-state index in [0.717, 1.165) is 0 Å². The first-order chi connectivity index (χ1) is 4.34. The molecule has 0 N–H and O–H groups in total. The van der Waals surface area contributed by atoms with Gasteiger partial charge in [0, 0.05) is 5.57 Å². The van der Waals surface area contributed by atoms with E-state index in [-0.39, 0.29) is 5.57 Å². The summed E-state index contributed by atoms with van der Waals surface area (Å²) in [5, 5.41) is 0. The van der Waals surface area contributed by atoms with E-state index in [1.807, 2.05) is 0 Å². The molecule has 46 valence electrons. The van der Waals surface area contributed by atoms with Crippen molar-refractivity contribution in [3.63, 3.8) is 0 Å². The summed E-state index contributed by atoms with van der Waals surface area (Å²) in [6.07, 6.45) is 3.40. The van der Waals surface area contributed by atoms with Crippen LogP contribution in [0.5, 0.6) is 0 Å². The zero-order chi connectivity index (χ0) is 6.69. The second kappa shape index (κ2) is 2.42. The van der Waals surface area contributed by atoms with Gasteiger partial charge < -0.3 is 0 Å². The van der Waals surface area contributed by atoms with Crippen molar-refractivity contribution in [3.05, 3.63) is 29.5 Å². The third-order valence-corrected chi connectivity index (χ3v) is 1.07. The van der Waals surface area contributed by atoms with Crippen molar-refractivity contribution in [2.24, 2.45) is 0 Å². The first kappa shape index (κ1) is 5.99. The van der Waals surface area contributed by atoms with Gasteiger partial charge in [-0.2, -0.15) is 0 Å². The topological polar surface area (TPSA) is 17.1 Å². The molecule has 0 fully saturated rings. The van der Waals surface area contributed by atoms with E-state index >= 15 is 0 Å². The van der Waals surface area contributed by atoms with Crippen LogP contribution >= 0.6 is 0 Å². The van der Waals surface area contributed by atoms with Crippen molar-refractivity contribution in [3.8, 4) is 0 Å². The summed E-state index contributed by atoms with van der Waals surface area (Å²) in [5.74, 6) is 0. The van der Waals surface area contributed by atoms with Gasteiger partial charge in [0.15, 0.2) is 6.17 Å². The van der Waals surface area contributed by atoms with E-state index in [9.17, 15) is 9.18 Å². The Morgan fingerprint density at radius 3 is 3.00 bits per heavy atom. The van der Waals surface area contributed by atoms with Crippen LogP contribution in [-0.2, 0) is 4.79 Å². The lowest BCUT2D eigenvalue weighted by atomic mass is 10.1. The predicted molar refractivity (Wildman–Crippen MR) is 31.7 cm³/mol. The highest BCUT2D eigenvalue weighted by Gasteiger charge is 2.08. The highest BCUT2D eigenvalue weighted by molar-refractivity contribution is 5.76. The fourth-order valence-electron chi connectivity index (χ4n) is 0.577. The Morgan fingerprint density at radius 1 is 1.78 bits per heavy atom. The molecule has 0 spiro atoms. The molecule has 1 aliphatic carbocycles. The van der Waals surface area contributed by atoms with Crippen LogP contribution < -0.4 is 0 Å². The molecule has 0 saturated carbocycles. The minimum absolute atomic E-state index is 0.161. The molecule has 1 nitrogen and oxygen atoms in total. The molecule has 0 aromatic carbocycles. The number of hydrogen-bond acceptors (Lipinski definition) is 1. The minimum Gasteiger partial charge on any atom is -0.298 e. The maximum atomic E-state index is 12.4. The maximum absolute atomic E-state index is 12.4. The van der Waals surface area contributed by atoms with E-state index in [1.165, 1.54) is 18.2 Å². The number of halogens is 1. The number of aldehydes is 1. The Labute approximate surface area is 52.2 Å². The largest absolute Gasteiger partial charge is 0.298 e. The Balaban J connectivity index is 2.88. The van der Waals surface area contributed by atoms with E-state index in [1.54, 1.807) is 0 Å². The zero-order valence-electron chi connectivity index (χ0n) is 4.67. The SMILES string of the molecule is O=CC1=CC=C=CC1F. The number of alkyl halides is 1. The molecule has 1 atom stereocenters. The highest BCUT2D eigenvalue weighted by Crippen LogP contribution is 2.08. The molecule has 2 heteroatoms. The van der Waals surface area contributed by atoms with Crippen molar-refractivity contribution in [1.29, 1.82) is 0 Å². The smallest absolute Gasteiger partial charge is 0.154 e. The van der Waals surface area contributed by atoms with Crippen LogP contribution in [-0.4, -0.2) is 12.5 Å². The van der Waals surface area contributed by atoms with Crippen LogP contribution in [0.4, 0.5) is 4.39 Å². The van der Waals surface area contributed by atoms with E-state index in [2.05, 4.69) is 5.73 Å². The predicted octanol–water partition coefficient (Wildman–Crippen LogP) is 1.17. The molecule has 0 aromatic rings. The molecule has 1 rings (SSSR count). The summed E-state index contributed by atoms with van der Waals surface area (Å²) < 4.78 is 12.4. The standard InChI is InChI=1S/C7H5FO/c8-7-4-2-1-3-6(7)5-9/h1,3-5,7H. The first-order valence-corrected chi connectivity index (χ1v) is 2.56. The molecular formula is C7H5FO. The van der Waals surface area contributed by atoms with Crippen molar-refractivity contribution >= 4 is 6.29 Å². The average Bonchev–Trinajstić information content (AvgIpc) is 1.89. The third kappa shape index (κ3) is 1.15. The van der Waals surface area contributed by atoms with Gasteiger partial charge in [-0.05, 0) is 18.2 Å². The normalized spacial score (nSPS) is 23.7. The Kier molecular flexibility index (Phi) is 1.61. The number of allylic oxidation sites excluding steroid dienone is 3. The van der Waals surface area contributed by atoms with Gasteiger partial charge in [0.05, 0.1) is 0 Å². The van der Waals surface area contributed by atoms with Crippen LogP contribution in [0.1, 0.15) is 0 Å². The van der Waals surface area contributed by atoms with Crippen molar-refractivity contribution in [2.75, 3.05) is 0 Å². The number of carbonyl (C=O) groups excluding carboxylic acids is 1. The van der Waals surface area contributed by atoms with E-state index in [0.29, 0.717) is 6.29 Å². The number of rotatable bonds is 1. The van der Waals surface area contributed by atoms with E-state index in [4.69, 9.17) is 0 Å². The Bertz CT molecular complexity index is 209. The molecule has 1 unspecified atom stereocenters. The number of hydrogen-bond donors (Lipinski definition) is 0. The van der Waals surface area contributed by atoms with Gasteiger partial charge in [-0.1, -0.05) is 0 Å². The van der Waals surface area contributed by atoms with Gasteiger partial charge >= 0.3 is 0 Å². The highest BCUT2D eigenvalue weighted by atomic mass is 19.1. The van der Waals surface area contributed by atoms with Crippen LogP contribution in [0.25, 0.3) is 0 Å². The average molecular weight is 124 g/mol. The molecule has 0 aliphatic heterocycles. The molecule has 0 amide bonds. The molecule has 0 saturated heterocycles. The third-order valence-electron chi connectivity index (χ3n) is 1.07. The molecular weight excluding hydrogens is 119 g/mol. The molecule has 0 aromatic heterocycles. The molecule has 0 heterocycles. The van der Waals surface area contributed by atoms with Crippen molar-refractivity contribution in [2.45, 2.75) is 6.17 Å². The van der Waals surface area contributed by atoms with Gasteiger partial charge in [-0.25, -0.2) is 4.39 Å². The van der Waals surface area contributed by atoms with Crippen LogP contribution in [0.3, 0.4) is 0 Å². The Morgan fingerprint density at radius 2 is 2.56 bits per heavy atom. The van der Waals surface area contributed by atoms with E-state index < -0.39 is 6.17 Å². The first-order valence-electron chi connectivity index (χ1n) is 2.56.